The lowest BCUT2D eigenvalue weighted by Crippen LogP contribution is -2.32. The van der Waals surface area contributed by atoms with E-state index in [9.17, 15) is 9.90 Å². The minimum atomic E-state index is -0.717. The number of phenolic OH excluding ortho intramolecular Hbond substituents is 1. The van der Waals surface area contributed by atoms with E-state index in [2.05, 4.69) is 4.99 Å². The maximum Gasteiger partial charge on any atom is 0.235 e. The molecule has 0 atom stereocenters. The molecule has 0 unspecified atom stereocenters. The highest BCUT2D eigenvalue weighted by Crippen LogP contribution is 2.53. The van der Waals surface area contributed by atoms with Crippen LogP contribution < -0.4 is 9.47 Å². The maximum absolute atomic E-state index is 10.6. The molecule has 0 bridgehead atoms. The monoisotopic (exact) mass is 249 g/mol. The third-order valence-electron chi connectivity index (χ3n) is 3.43. The minimum Gasteiger partial charge on any atom is -0.507 e. The van der Waals surface area contributed by atoms with Gasteiger partial charge in [-0.3, -0.25) is 0 Å². The van der Waals surface area contributed by atoms with E-state index in [1.807, 2.05) is 0 Å². The smallest absolute Gasteiger partial charge is 0.235 e. The van der Waals surface area contributed by atoms with E-state index in [0.29, 0.717) is 29.9 Å². The standard InChI is InChI=1S/C13H15NO4/c1-17-10-5-4-9(16)11(12(10)18-2)13(14-8-15)6-3-7-13/h4-5,16H,3,6-7H2,1-2H3. The molecule has 0 heterocycles. The molecular weight excluding hydrogens is 234 g/mol. The third kappa shape index (κ3) is 1.73. The van der Waals surface area contributed by atoms with E-state index < -0.39 is 5.54 Å². The Morgan fingerprint density at radius 1 is 1.33 bits per heavy atom. The van der Waals surface area contributed by atoms with Crippen molar-refractivity contribution >= 4 is 6.08 Å². The van der Waals surface area contributed by atoms with Gasteiger partial charge in [-0.25, -0.2) is 4.79 Å². The SMILES string of the molecule is COc1ccc(O)c(C2(N=C=O)CCC2)c1OC. The van der Waals surface area contributed by atoms with Gasteiger partial charge in [-0.15, -0.1) is 0 Å². The Labute approximate surface area is 105 Å². The highest BCUT2D eigenvalue weighted by atomic mass is 16.5. The molecule has 1 aliphatic carbocycles. The fraction of sp³-hybridized carbons (Fsp3) is 0.462. The van der Waals surface area contributed by atoms with E-state index >= 15 is 0 Å². The maximum atomic E-state index is 10.6. The van der Waals surface area contributed by atoms with Crippen molar-refractivity contribution in [2.75, 3.05) is 14.2 Å². The number of aromatic hydroxyl groups is 1. The van der Waals surface area contributed by atoms with E-state index in [1.165, 1.54) is 20.3 Å². The summed E-state index contributed by atoms with van der Waals surface area (Å²) >= 11 is 0. The van der Waals surface area contributed by atoms with Crippen molar-refractivity contribution in [3.63, 3.8) is 0 Å². The number of phenols is 1. The van der Waals surface area contributed by atoms with Crippen LogP contribution in [-0.2, 0) is 10.3 Å². The molecule has 0 spiro atoms. The molecule has 1 saturated carbocycles. The number of isocyanates is 1. The zero-order valence-electron chi connectivity index (χ0n) is 10.4. The van der Waals surface area contributed by atoms with Gasteiger partial charge in [0.25, 0.3) is 0 Å². The fourth-order valence-electron chi connectivity index (χ4n) is 2.38. The molecule has 0 aliphatic heterocycles. The van der Waals surface area contributed by atoms with Crippen LogP contribution in [0.25, 0.3) is 0 Å². The predicted octanol–water partition coefficient (Wildman–Crippen LogP) is 2.12. The lowest BCUT2D eigenvalue weighted by atomic mass is 9.71. The number of aliphatic imine (C=N–C) groups is 1. The second-order valence-electron chi connectivity index (χ2n) is 4.28. The van der Waals surface area contributed by atoms with Gasteiger partial charge in [0.05, 0.1) is 19.8 Å². The van der Waals surface area contributed by atoms with Gasteiger partial charge in [-0.1, -0.05) is 0 Å². The molecule has 5 heteroatoms. The van der Waals surface area contributed by atoms with Gasteiger partial charge in [-0.2, -0.15) is 4.99 Å². The summed E-state index contributed by atoms with van der Waals surface area (Å²) in [4.78, 5) is 14.5. The summed E-state index contributed by atoms with van der Waals surface area (Å²) in [6.07, 6.45) is 3.93. The Balaban J connectivity index is 2.64. The number of hydrogen-bond acceptors (Lipinski definition) is 5. The first-order chi connectivity index (χ1) is 8.68. The average Bonchev–Trinajstić information content (AvgIpc) is 2.34. The minimum absolute atomic E-state index is 0.0614. The van der Waals surface area contributed by atoms with Crippen LogP contribution in [0.1, 0.15) is 24.8 Å². The molecule has 1 N–H and O–H groups in total. The predicted molar refractivity (Wildman–Crippen MR) is 64.9 cm³/mol. The molecule has 0 amide bonds. The van der Waals surface area contributed by atoms with E-state index in [4.69, 9.17) is 9.47 Å². The lowest BCUT2D eigenvalue weighted by Gasteiger charge is -2.38. The van der Waals surface area contributed by atoms with Crippen molar-refractivity contribution < 1.29 is 19.4 Å². The van der Waals surface area contributed by atoms with Crippen molar-refractivity contribution in [1.29, 1.82) is 0 Å². The van der Waals surface area contributed by atoms with E-state index in [1.54, 1.807) is 12.1 Å². The highest BCUT2D eigenvalue weighted by Gasteiger charge is 2.44. The van der Waals surface area contributed by atoms with Gasteiger partial charge in [0.2, 0.25) is 6.08 Å². The Hall–Kier alpha value is -2.00. The first-order valence-corrected chi connectivity index (χ1v) is 5.72. The normalized spacial score (nSPS) is 16.3. The summed E-state index contributed by atoms with van der Waals surface area (Å²) in [6, 6.07) is 3.14. The average molecular weight is 249 g/mol. The zero-order chi connectivity index (χ0) is 13.2. The number of rotatable bonds is 4. The Morgan fingerprint density at radius 3 is 2.50 bits per heavy atom. The molecule has 1 aromatic carbocycles. The molecule has 2 rings (SSSR count). The van der Waals surface area contributed by atoms with Crippen molar-refractivity contribution in [2.24, 2.45) is 4.99 Å². The number of benzene rings is 1. The van der Waals surface area contributed by atoms with Crippen molar-refractivity contribution in [3.8, 4) is 17.2 Å². The number of nitrogens with zero attached hydrogens (tertiary/aromatic N) is 1. The summed E-state index contributed by atoms with van der Waals surface area (Å²) in [5.74, 6) is 1.00. The summed E-state index contributed by atoms with van der Waals surface area (Å²) < 4.78 is 10.5. The van der Waals surface area contributed by atoms with E-state index in [-0.39, 0.29) is 5.75 Å². The largest absolute Gasteiger partial charge is 0.507 e. The molecule has 18 heavy (non-hydrogen) atoms. The molecule has 1 aromatic rings. The van der Waals surface area contributed by atoms with Gasteiger partial charge in [0.15, 0.2) is 11.5 Å². The third-order valence-corrected chi connectivity index (χ3v) is 3.43. The van der Waals surface area contributed by atoms with Gasteiger partial charge in [0, 0.05) is 0 Å². The summed E-state index contributed by atoms with van der Waals surface area (Å²) in [7, 11) is 3.02. The fourth-order valence-corrected chi connectivity index (χ4v) is 2.38. The van der Waals surface area contributed by atoms with Crippen LogP contribution in [0, 0.1) is 0 Å². The topological polar surface area (TPSA) is 68.1 Å². The molecule has 0 saturated heterocycles. The quantitative estimate of drug-likeness (QED) is 0.655. The van der Waals surface area contributed by atoms with Crippen LogP contribution in [0.5, 0.6) is 17.2 Å². The Kier molecular flexibility index (Phi) is 3.26. The van der Waals surface area contributed by atoms with Crippen molar-refractivity contribution in [2.45, 2.75) is 24.8 Å². The molecule has 5 nitrogen and oxygen atoms in total. The number of ether oxygens (including phenoxy) is 2. The molecule has 1 fully saturated rings. The first kappa shape index (κ1) is 12.5. The molecule has 96 valence electrons. The van der Waals surface area contributed by atoms with Crippen LogP contribution in [0.4, 0.5) is 0 Å². The first-order valence-electron chi connectivity index (χ1n) is 5.72. The van der Waals surface area contributed by atoms with Crippen LogP contribution >= 0.6 is 0 Å². The number of carbonyl (C=O) groups excluding carboxylic acids is 1. The van der Waals surface area contributed by atoms with Crippen molar-refractivity contribution in [3.05, 3.63) is 17.7 Å². The summed E-state index contributed by atoms with van der Waals surface area (Å²) in [5.41, 5.74) is -0.204. The van der Waals surface area contributed by atoms with Crippen LogP contribution in [-0.4, -0.2) is 25.4 Å². The van der Waals surface area contributed by atoms with Crippen LogP contribution in [0.3, 0.4) is 0 Å². The Morgan fingerprint density at radius 2 is 2.06 bits per heavy atom. The molecule has 1 aliphatic rings. The van der Waals surface area contributed by atoms with Crippen LogP contribution in [0.2, 0.25) is 0 Å². The molecule has 0 aromatic heterocycles. The highest BCUT2D eigenvalue weighted by molar-refractivity contribution is 5.58. The zero-order valence-corrected chi connectivity index (χ0v) is 10.4. The summed E-state index contributed by atoms with van der Waals surface area (Å²) in [5, 5.41) is 10.0. The van der Waals surface area contributed by atoms with Crippen molar-refractivity contribution in [1.82, 2.24) is 0 Å². The van der Waals surface area contributed by atoms with Gasteiger partial charge < -0.3 is 14.6 Å². The second-order valence-corrected chi connectivity index (χ2v) is 4.28. The lowest BCUT2D eigenvalue weighted by molar-refractivity contribution is 0.234. The van der Waals surface area contributed by atoms with E-state index in [0.717, 1.165) is 6.42 Å². The van der Waals surface area contributed by atoms with Gasteiger partial charge >= 0.3 is 0 Å². The van der Waals surface area contributed by atoms with Gasteiger partial charge in [0.1, 0.15) is 11.3 Å². The number of methoxy groups -OCH3 is 2. The Bertz CT molecular complexity index is 502. The van der Waals surface area contributed by atoms with Crippen LogP contribution in [0.15, 0.2) is 17.1 Å². The van der Waals surface area contributed by atoms with Gasteiger partial charge in [-0.05, 0) is 31.4 Å². The number of hydrogen-bond donors (Lipinski definition) is 1. The second kappa shape index (κ2) is 4.70. The molecular formula is C13H15NO4. The summed E-state index contributed by atoms with van der Waals surface area (Å²) in [6.45, 7) is 0. The molecule has 0 radical (unpaired) electrons.